The highest BCUT2D eigenvalue weighted by Crippen LogP contribution is 2.17. The van der Waals surface area contributed by atoms with E-state index in [-0.39, 0.29) is 29.5 Å². The molecule has 1 aliphatic heterocycles. The Hall–Kier alpha value is -1.64. The molecule has 2 rings (SSSR count). The summed E-state index contributed by atoms with van der Waals surface area (Å²) >= 11 is 0. The van der Waals surface area contributed by atoms with Crippen LogP contribution in [0.2, 0.25) is 0 Å². The molecule has 8 nitrogen and oxygen atoms in total. The topological polar surface area (TPSA) is 106 Å². The van der Waals surface area contributed by atoms with Crippen LogP contribution in [-0.2, 0) is 16.9 Å². The van der Waals surface area contributed by atoms with Gasteiger partial charge in [0.15, 0.2) is 15.7 Å². The minimum absolute atomic E-state index is 0.0101. The van der Waals surface area contributed by atoms with Gasteiger partial charge in [-0.2, -0.15) is 0 Å². The first-order chi connectivity index (χ1) is 9.37. The largest absolute Gasteiger partial charge is 0.338 e. The minimum Gasteiger partial charge on any atom is -0.338 e. The SMILES string of the molecule is C[C@H](NC(=O)NC[C@@H]1CCS(=O)(=O)C1)c1nncn1C. The number of aromatic nitrogens is 3. The Balaban J connectivity index is 1.77. The summed E-state index contributed by atoms with van der Waals surface area (Å²) in [6.45, 7) is 2.18. The summed E-state index contributed by atoms with van der Waals surface area (Å²) in [6, 6.07) is -0.598. The molecule has 1 aliphatic rings. The van der Waals surface area contributed by atoms with Gasteiger partial charge in [-0.05, 0) is 19.3 Å². The van der Waals surface area contributed by atoms with Crippen molar-refractivity contribution >= 4 is 15.9 Å². The van der Waals surface area contributed by atoms with Gasteiger partial charge in [-0.15, -0.1) is 10.2 Å². The van der Waals surface area contributed by atoms with Crippen molar-refractivity contribution in [3.8, 4) is 0 Å². The van der Waals surface area contributed by atoms with Crippen molar-refractivity contribution < 1.29 is 13.2 Å². The Labute approximate surface area is 117 Å². The third-order valence-electron chi connectivity index (χ3n) is 3.36. The van der Waals surface area contributed by atoms with E-state index in [0.29, 0.717) is 18.8 Å². The van der Waals surface area contributed by atoms with Gasteiger partial charge in [-0.1, -0.05) is 0 Å². The average molecular weight is 301 g/mol. The Bertz CT molecular complexity index is 583. The summed E-state index contributed by atoms with van der Waals surface area (Å²) in [5, 5.41) is 13.1. The molecular weight excluding hydrogens is 282 g/mol. The second-order valence-corrected chi connectivity index (χ2v) is 7.37. The highest BCUT2D eigenvalue weighted by molar-refractivity contribution is 7.91. The van der Waals surface area contributed by atoms with E-state index in [1.165, 1.54) is 0 Å². The van der Waals surface area contributed by atoms with Gasteiger partial charge in [0.1, 0.15) is 6.33 Å². The molecule has 2 amide bonds. The maximum Gasteiger partial charge on any atom is 0.315 e. The van der Waals surface area contributed by atoms with Crippen molar-refractivity contribution in [3.05, 3.63) is 12.2 Å². The number of amides is 2. The average Bonchev–Trinajstić information content (AvgIpc) is 2.92. The van der Waals surface area contributed by atoms with Crippen LogP contribution in [0.1, 0.15) is 25.2 Å². The molecule has 1 fully saturated rings. The van der Waals surface area contributed by atoms with Crippen molar-refractivity contribution in [2.75, 3.05) is 18.1 Å². The van der Waals surface area contributed by atoms with Crippen LogP contribution in [0.5, 0.6) is 0 Å². The predicted molar refractivity (Wildman–Crippen MR) is 72.7 cm³/mol. The summed E-state index contributed by atoms with van der Waals surface area (Å²) in [7, 11) is -1.10. The zero-order valence-corrected chi connectivity index (χ0v) is 12.4. The first-order valence-corrected chi connectivity index (χ1v) is 8.28. The van der Waals surface area contributed by atoms with E-state index in [1.54, 1.807) is 17.9 Å². The molecule has 0 unspecified atom stereocenters. The minimum atomic E-state index is -2.90. The maximum absolute atomic E-state index is 11.7. The van der Waals surface area contributed by atoms with Gasteiger partial charge in [-0.3, -0.25) is 0 Å². The van der Waals surface area contributed by atoms with E-state index in [1.807, 2.05) is 6.92 Å². The molecule has 0 aliphatic carbocycles. The second kappa shape index (κ2) is 5.78. The molecule has 0 aromatic carbocycles. The van der Waals surface area contributed by atoms with Gasteiger partial charge in [0, 0.05) is 13.6 Å². The summed E-state index contributed by atoms with van der Waals surface area (Å²) in [4.78, 5) is 11.7. The first kappa shape index (κ1) is 14.8. The van der Waals surface area contributed by atoms with Crippen LogP contribution in [0.25, 0.3) is 0 Å². The van der Waals surface area contributed by atoms with Gasteiger partial charge in [0.2, 0.25) is 0 Å². The van der Waals surface area contributed by atoms with Crippen LogP contribution < -0.4 is 10.6 Å². The van der Waals surface area contributed by atoms with E-state index in [2.05, 4.69) is 20.8 Å². The van der Waals surface area contributed by atoms with Gasteiger partial charge < -0.3 is 15.2 Å². The van der Waals surface area contributed by atoms with E-state index < -0.39 is 9.84 Å². The first-order valence-electron chi connectivity index (χ1n) is 6.46. The number of aryl methyl sites for hydroxylation is 1. The lowest BCUT2D eigenvalue weighted by molar-refractivity contribution is 0.235. The number of sulfone groups is 1. The van der Waals surface area contributed by atoms with Crippen molar-refractivity contribution in [2.45, 2.75) is 19.4 Å². The molecule has 1 aromatic heterocycles. The number of hydrogen-bond donors (Lipinski definition) is 2. The molecular formula is C11H19N5O3S. The molecule has 9 heteroatoms. The standard InChI is InChI=1S/C11H19N5O3S/c1-8(10-15-13-7-16(10)2)14-11(17)12-5-9-3-4-20(18,19)6-9/h7-9H,3-6H2,1-2H3,(H2,12,14,17)/t8-,9-/m0/s1. The maximum atomic E-state index is 11.7. The van der Waals surface area contributed by atoms with Crippen molar-refractivity contribution in [2.24, 2.45) is 13.0 Å². The second-order valence-electron chi connectivity index (χ2n) is 5.15. The van der Waals surface area contributed by atoms with E-state index in [4.69, 9.17) is 0 Å². The molecule has 20 heavy (non-hydrogen) atoms. The van der Waals surface area contributed by atoms with E-state index in [0.717, 1.165) is 0 Å². The number of carbonyl (C=O) groups is 1. The van der Waals surface area contributed by atoms with Crippen molar-refractivity contribution in [1.82, 2.24) is 25.4 Å². The lowest BCUT2D eigenvalue weighted by Gasteiger charge is -2.15. The highest BCUT2D eigenvalue weighted by atomic mass is 32.2. The number of hydrogen-bond acceptors (Lipinski definition) is 5. The Kier molecular flexibility index (Phi) is 4.26. The van der Waals surface area contributed by atoms with Gasteiger partial charge in [-0.25, -0.2) is 13.2 Å². The third-order valence-corrected chi connectivity index (χ3v) is 5.20. The molecule has 2 atom stereocenters. The molecule has 2 heterocycles. The van der Waals surface area contributed by atoms with Gasteiger partial charge in [0.05, 0.1) is 17.5 Å². The summed E-state index contributed by atoms with van der Waals surface area (Å²) in [5.41, 5.74) is 0. The molecule has 0 radical (unpaired) electrons. The zero-order chi connectivity index (χ0) is 14.8. The molecule has 0 bridgehead atoms. The fourth-order valence-corrected chi connectivity index (χ4v) is 4.13. The Morgan fingerprint density at radius 3 is 2.90 bits per heavy atom. The predicted octanol–water partition coefficient (Wildman–Crippen LogP) is -0.390. The number of urea groups is 1. The number of carbonyl (C=O) groups excluding carboxylic acids is 1. The molecule has 112 valence electrons. The number of nitrogens with one attached hydrogen (secondary N) is 2. The highest BCUT2D eigenvalue weighted by Gasteiger charge is 2.28. The zero-order valence-electron chi connectivity index (χ0n) is 11.5. The molecule has 1 saturated heterocycles. The van der Waals surface area contributed by atoms with Crippen LogP contribution in [0, 0.1) is 5.92 Å². The molecule has 1 aromatic rings. The smallest absolute Gasteiger partial charge is 0.315 e. The fraction of sp³-hybridized carbons (Fsp3) is 0.727. The summed E-state index contributed by atoms with van der Waals surface area (Å²) < 4.78 is 24.4. The van der Waals surface area contributed by atoms with Gasteiger partial charge in [0.25, 0.3) is 0 Å². The van der Waals surface area contributed by atoms with Crippen LogP contribution in [0.4, 0.5) is 4.79 Å². The summed E-state index contributed by atoms with van der Waals surface area (Å²) in [5.74, 6) is 1.04. The van der Waals surface area contributed by atoms with Crippen LogP contribution >= 0.6 is 0 Å². The number of nitrogens with zero attached hydrogens (tertiary/aromatic N) is 3. The van der Waals surface area contributed by atoms with Crippen LogP contribution in [0.3, 0.4) is 0 Å². The quantitative estimate of drug-likeness (QED) is 0.788. The van der Waals surface area contributed by atoms with E-state index in [9.17, 15) is 13.2 Å². The van der Waals surface area contributed by atoms with Crippen LogP contribution in [-0.4, -0.2) is 47.3 Å². The van der Waals surface area contributed by atoms with E-state index >= 15 is 0 Å². The lowest BCUT2D eigenvalue weighted by atomic mass is 10.1. The lowest BCUT2D eigenvalue weighted by Crippen LogP contribution is -2.40. The Morgan fingerprint density at radius 1 is 1.60 bits per heavy atom. The molecule has 2 N–H and O–H groups in total. The monoisotopic (exact) mass is 301 g/mol. The normalized spacial score (nSPS) is 22.4. The van der Waals surface area contributed by atoms with Crippen LogP contribution in [0.15, 0.2) is 6.33 Å². The Morgan fingerprint density at radius 2 is 2.35 bits per heavy atom. The van der Waals surface area contributed by atoms with Crippen molar-refractivity contribution in [1.29, 1.82) is 0 Å². The molecule has 0 spiro atoms. The molecule has 0 saturated carbocycles. The number of rotatable bonds is 4. The fourth-order valence-electron chi connectivity index (χ4n) is 2.27. The van der Waals surface area contributed by atoms with Crippen molar-refractivity contribution in [3.63, 3.8) is 0 Å². The summed E-state index contributed by atoms with van der Waals surface area (Å²) in [6.07, 6.45) is 2.18. The third kappa shape index (κ3) is 3.69. The van der Waals surface area contributed by atoms with Gasteiger partial charge >= 0.3 is 6.03 Å².